The SMILES string of the molecule is COC(=O)c1ccc(OCC(=O)N2N=C(c3ccc(Cl)cc3)CC2c2ccco2)c(OC)c1. The van der Waals surface area contributed by atoms with Gasteiger partial charge in [-0.1, -0.05) is 23.7 Å². The minimum Gasteiger partial charge on any atom is -0.493 e. The molecular weight excluding hydrogens is 448 g/mol. The summed E-state index contributed by atoms with van der Waals surface area (Å²) in [6.45, 7) is -0.289. The van der Waals surface area contributed by atoms with Gasteiger partial charge in [-0.25, -0.2) is 9.80 Å². The quantitative estimate of drug-likeness (QED) is 0.475. The van der Waals surface area contributed by atoms with Crippen molar-refractivity contribution in [1.82, 2.24) is 5.01 Å². The van der Waals surface area contributed by atoms with Gasteiger partial charge in [0.15, 0.2) is 18.1 Å². The van der Waals surface area contributed by atoms with Crippen LogP contribution in [0.1, 0.15) is 34.1 Å². The lowest BCUT2D eigenvalue weighted by atomic mass is 10.0. The second-order valence-corrected chi connectivity index (χ2v) is 7.61. The molecule has 1 aliphatic rings. The second-order valence-electron chi connectivity index (χ2n) is 7.17. The number of halogens is 1. The molecule has 3 aromatic rings. The van der Waals surface area contributed by atoms with Crippen molar-refractivity contribution in [2.75, 3.05) is 20.8 Å². The molecule has 0 fully saturated rings. The third-order valence-electron chi connectivity index (χ3n) is 5.15. The van der Waals surface area contributed by atoms with Gasteiger partial charge in [-0.3, -0.25) is 4.79 Å². The molecule has 2 heterocycles. The highest BCUT2D eigenvalue weighted by atomic mass is 35.5. The van der Waals surface area contributed by atoms with Crippen molar-refractivity contribution >= 4 is 29.2 Å². The van der Waals surface area contributed by atoms with Gasteiger partial charge in [0.2, 0.25) is 0 Å². The fourth-order valence-electron chi connectivity index (χ4n) is 3.50. The van der Waals surface area contributed by atoms with Crippen LogP contribution in [0.15, 0.2) is 70.4 Å². The predicted molar refractivity (Wildman–Crippen MR) is 121 cm³/mol. The number of nitrogens with zero attached hydrogens (tertiary/aromatic N) is 2. The van der Waals surface area contributed by atoms with E-state index in [4.69, 9.17) is 30.2 Å². The number of carbonyl (C=O) groups is 2. The van der Waals surface area contributed by atoms with Crippen LogP contribution in [-0.2, 0) is 9.53 Å². The summed E-state index contributed by atoms with van der Waals surface area (Å²) in [6.07, 6.45) is 2.04. The van der Waals surface area contributed by atoms with Gasteiger partial charge >= 0.3 is 5.97 Å². The molecule has 8 nitrogen and oxygen atoms in total. The molecule has 0 N–H and O–H groups in total. The van der Waals surface area contributed by atoms with Crippen LogP contribution in [0.3, 0.4) is 0 Å². The Morgan fingerprint density at radius 1 is 1.12 bits per heavy atom. The number of rotatable bonds is 7. The first kappa shape index (κ1) is 22.4. The van der Waals surface area contributed by atoms with E-state index in [0.717, 1.165) is 11.3 Å². The summed E-state index contributed by atoms with van der Waals surface area (Å²) in [5, 5.41) is 6.55. The number of methoxy groups -OCH3 is 2. The van der Waals surface area contributed by atoms with E-state index in [1.807, 2.05) is 12.1 Å². The maximum atomic E-state index is 13.1. The Morgan fingerprint density at radius 3 is 2.58 bits per heavy atom. The smallest absolute Gasteiger partial charge is 0.337 e. The Bertz CT molecular complexity index is 1170. The van der Waals surface area contributed by atoms with E-state index < -0.39 is 12.0 Å². The van der Waals surface area contributed by atoms with Crippen molar-refractivity contribution in [2.24, 2.45) is 5.10 Å². The van der Waals surface area contributed by atoms with E-state index in [-0.39, 0.29) is 12.5 Å². The van der Waals surface area contributed by atoms with Gasteiger partial charge in [0.25, 0.3) is 5.91 Å². The molecule has 0 bridgehead atoms. The number of ether oxygens (including phenoxy) is 3. The van der Waals surface area contributed by atoms with Crippen LogP contribution < -0.4 is 9.47 Å². The molecule has 1 aromatic heterocycles. The third kappa shape index (κ3) is 4.85. The number of furan rings is 1. The Kier molecular flexibility index (Phi) is 6.65. The Hall–Kier alpha value is -3.78. The summed E-state index contributed by atoms with van der Waals surface area (Å²) in [4.78, 5) is 24.8. The lowest BCUT2D eigenvalue weighted by Crippen LogP contribution is -2.31. The van der Waals surface area contributed by atoms with Crippen LogP contribution >= 0.6 is 11.6 Å². The van der Waals surface area contributed by atoms with Gasteiger partial charge in [0.1, 0.15) is 11.8 Å². The van der Waals surface area contributed by atoms with Gasteiger partial charge in [-0.05, 0) is 48.0 Å². The first-order chi connectivity index (χ1) is 16.0. The number of hydrogen-bond acceptors (Lipinski definition) is 7. The Morgan fingerprint density at radius 2 is 1.91 bits per heavy atom. The summed E-state index contributed by atoms with van der Waals surface area (Å²) < 4.78 is 21.3. The van der Waals surface area contributed by atoms with E-state index in [2.05, 4.69) is 5.10 Å². The highest BCUT2D eigenvalue weighted by Gasteiger charge is 2.35. The van der Waals surface area contributed by atoms with Crippen LogP contribution in [-0.4, -0.2) is 43.4 Å². The van der Waals surface area contributed by atoms with Crippen LogP contribution in [0.25, 0.3) is 0 Å². The molecule has 33 heavy (non-hydrogen) atoms. The first-order valence-corrected chi connectivity index (χ1v) is 10.5. The van der Waals surface area contributed by atoms with Crippen molar-refractivity contribution in [1.29, 1.82) is 0 Å². The summed E-state index contributed by atoms with van der Waals surface area (Å²) in [5.41, 5.74) is 1.91. The van der Waals surface area contributed by atoms with Crippen LogP contribution in [0.5, 0.6) is 11.5 Å². The molecule has 9 heteroatoms. The summed E-state index contributed by atoms with van der Waals surface area (Å²) >= 11 is 6.00. The number of esters is 1. The highest BCUT2D eigenvalue weighted by Crippen LogP contribution is 2.34. The van der Waals surface area contributed by atoms with Crippen LogP contribution in [0.2, 0.25) is 5.02 Å². The normalized spacial score (nSPS) is 15.2. The molecule has 1 aliphatic heterocycles. The number of benzene rings is 2. The maximum absolute atomic E-state index is 13.1. The number of carbonyl (C=O) groups excluding carboxylic acids is 2. The van der Waals surface area contributed by atoms with Crippen molar-refractivity contribution in [3.8, 4) is 11.5 Å². The second kappa shape index (κ2) is 9.79. The van der Waals surface area contributed by atoms with Crippen LogP contribution in [0, 0.1) is 0 Å². The van der Waals surface area contributed by atoms with Crippen molar-refractivity contribution in [3.63, 3.8) is 0 Å². The minimum absolute atomic E-state index is 0.289. The van der Waals surface area contributed by atoms with E-state index in [1.165, 1.54) is 31.4 Å². The Labute approximate surface area is 195 Å². The third-order valence-corrected chi connectivity index (χ3v) is 5.40. The average Bonchev–Trinajstić information content (AvgIpc) is 3.52. The molecule has 170 valence electrons. The molecule has 2 aromatic carbocycles. The van der Waals surface area contributed by atoms with Gasteiger partial charge in [0.05, 0.1) is 31.8 Å². The van der Waals surface area contributed by atoms with Gasteiger partial charge in [-0.15, -0.1) is 0 Å². The lowest BCUT2D eigenvalue weighted by Gasteiger charge is -2.20. The first-order valence-electron chi connectivity index (χ1n) is 10.1. The van der Waals surface area contributed by atoms with Crippen molar-refractivity contribution in [2.45, 2.75) is 12.5 Å². The summed E-state index contributed by atoms with van der Waals surface area (Å²) in [7, 11) is 2.74. The van der Waals surface area contributed by atoms with E-state index >= 15 is 0 Å². The predicted octanol–water partition coefficient (Wildman–Crippen LogP) is 4.48. The van der Waals surface area contributed by atoms with E-state index in [9.17, 15) is 9.59 Å². The molecule has 0 radical (unpaired) electrons. The molecule has 4 rings (SSSR count). The average molecular weight is 469 g/mol. The zero-order valence-electron chi connectivity index (χ0n) is 18.0. The topological polar surface area (TPSA) is 90.6 Å². The van der Waals surface area contributed by atoms with Gasteiger partial charge < -0.3 is 18.6 Å². The molecule has 1 atom stereocenters. The zero-order chi connectivity index (χ0) is 23.4. The molecule has 0 spiro atoms. The number of amides is 1. The van der Waals surface area contributed by atoms with E-state index in [0.29, 0.717) is 34.3 Å². The van der Waals surface area contributed by atoms with Gasteiger partial charge in [0, 0.05) is 11.4 Å². The molecule has 1 unspecified atom stereocenters. The fourth-order valence-corrected chi connectivity index (χ4v) is 3.62. The summed E-state index contributed by atoms with van der Waals surface area (Å²) in [6, 6.07) is 15.0. The molecule has 0 saturated heterocycles. The molecular formula is C24H21ClN2O6. The number of hydrogen-bond donors (Lipinski definition) is 0. The monoisotopic (exact) mass is 468 g/mol. The largest absolute Gasteiger partial charge is 0.493 e. The molecule has 0 saturated carbocycles. The minimum atomic E-state index is -0.502. The van der Waals surface area contributed by atoms with Crippen LogP contribution in [0.4, 0.5) is 0 Å². The zero-order valence-corrected chi connectivity index (χ0v) is 18.7. The molecule has 1 amide bonds. The van der Waals surface area contributed by atoms with Crippen molar-refractivity contribution < 1.29 is 28.2 Å². The van der Waals surface area contributed by atoms with Crippen molar-refractivity contribution in [3.05, 3.63) is 82.8 Å². The molecule has 0 aliphatic carbocycles. The van der Waals surface area contributed by atoms with E-state index in [1.54, 1.807) is 36.6 Å². The maximum Gasteiger partial charge on any atom is 0.337 e. The standard InChI is InChI=1S/C24H21ClN2O6/c1-30-22-12-16(24(29)31-2)7-10-21(22)33-14-23(28)27-19(20-4-3-11-32-20)13-18(26-27)15-5-8-17(25)9-6-15/h3-12,19H,13-14H2,1-2H3. The summed E-state index contributed by atoms with van der Waals surface area (Å²) in [5.74, 6) is 0.378. The fraction of sp³-hybridized carbons (Fsp3) is 0.208. The lowest BCUT2D eigenvalue weighted by molar-refractivity contribution is -0.135. The van der Waals surface area contributed by atoms with Gasteiger partial charge in [-0.2, -0.15) is 5.10 Å². The highest BCUT2D eigenvalue weighted by molar-refractivity contribution is 6.30. The Balaban J connectivity index is 1.53. The number of hydrazone groups is 1.